The number of hydrogen-bond acceptors (Lipinski definition) is 3. The molecular formula is C8H5CoO3. The quantitative estimate of drug-likeness (QED) is 0.570. The molecule has 0 unspecified atom stereocenters. The first-order valence-corrected chi connectivity index (χ1v) is 3.02. The molecule has 0 saturated carbocycles. The van der Waals surface area contributed by atoms with E-state index in [-0.39, 0.29) is 0 Å². The zero-order valence-electron chi connectivity index (χ0n) is 6.00. The van der Waals surface area contributed by atoms with Crippen LogP contribution in [0.15, 0.2) is 22.7 Å². The second-order valence-electron chi connectivity index (χ2n) is 1.22. The van der Waals surface area contributed by atoms with Crippen LogP contribution in [0.3, 0.4) is 0 Å². The van der Waals surface area contributed by atoms with E-state index in [0.29, 0.717) is 0 Å². The van der Waals surface area contributed by atoms with E-state index < -0.39 is 0 Å². The van der Waals surface area contributed by atoms with Crippen LogP contribution in [-0.4, -0.2) is 20.4 Å². The molecule has 0 aromatic heterocycles. The van der Waals surface area contributed by atoms with E-state index >= 15 is 0 Å². The molecule has 64 valence electrons. The second-order valence-corrected chi connectivity index (χ2v) is 1.89. The van der Waals surface area contributed by atoms with Crippen molar-refractivity contribution in [2.24, 2.45) is 0 Å². The molecule has 0 aliphatic heterocycles. The predicted octanol–water partition coefficient (Wildman–Crippen LogP) is 0.186. The standard InChI is InChI=1S/C5H5.3CO.Co/c1-2-4-5-3-1;3*1-2;/h1-3H,4H2;;;;. The Morgan fingerprint density at radius 3 is 1.58 bits per heavy atom. The van der Waals surface area contributed by atoms with Crippen molar-refractivity contribution in [2.75, 3.05) is 0 Å². The molecule has 0 bridgehead atoms. The second kappa shape index (κ2) is 22.5. The molecule has 1 aliphatic rings. The monoisotopic (exact) mass is 208 g/mol. The van der Waals surface area contributed by atoms with Gasteiger partial charge in [-0.3, -0.25) is 14.4 Å². The van der Waals surface area contributed by atoms with Crippen molar-refractivity contribution >= 4 is 20.4 Å². The zero-order chi connectivity index (χ0) is 10.4. The zero-order valence-corrected chi connectivity index (χ0v) is 7.04. The molecule has 4 heteroatoms. The summed E-state index contributed by atoms with van der Waals surface area (Å²) in [6, 6.07) is 0. The third-order valence-corrected chi connectivity index (χ3v) is 1.10. The van der Waals surface area contributed by atoms with Gasteiger partial charge in [0.25, 0.3) is 20.4 Å². The Bertz CT molecular complexity index is 138. The third-order valence-electron chi connectivity index (χ3n) is 0.709. The van der Waals surface area contributed by atoms with Gasteiger partial charge in [-0.05, 0) is 0 Å². The van der Waals surface area contributed by atoms with Gasteiger partial charge in [-0.2, -0.15) is 0 Å². The first kappa shape index (κ1) is 17.2. The van der Waals surface area contributed by atoms with E-state index in [4.69, 9.17) is 14.4 Å². The van der Waals surface area contributed by atoms with Crippen molar-refractivity contribution in [2.45, 2.75) is 6.42 Å². The average molecular weight is 208 g/mol. The van der Waals surface area contributed by atoms with Crippen LogP contribution in [0.5, 0.6) is 0 Å². The summed E-state index contributed by atoms with van der Waals surface area (Å²) in [5.41, 5.74) is 0. The summed E-state index contributed by atoms with van der Waals surface area (Å²) in [6.45, 7) is 13.5. The Morgan fingerprint density at radius 1 is 1.08 bits per heavy atom. The van der Waals surface area contributed by atoms with Crippen molar-refractivity contribution in [3.05, 3.63) is 22.7 Å². The van der Waals surface area contributed by atoms with E-state index in [1.807, 2.05) is 12.2 Å². The number of rotatable bonds is 0. The fourth-order valence-electron chi connectivity index (χ4n) is 0.412. The van der Waals surface area contributed by atoms with E-state index in [2.05, 4.69) is 42.2 Å². The van der Waals surface area contributed by atoms with E-state index in [1.165, 1.54) is 0 Å². The maximum absolute atomic E-state index is 7.50. The predicted molar refractivity (Wildman–Crippen MR) is 38.9 cm³/mol. The molecule has 12 heavy (non-hydrogen) atoms. The SMILES string of the molecule is [C]=O.[C]=O.[C]=O.[Co][C]1=CC=CC1. The Morgan fingerprint density at radius 2 is 1.50 bits per heavy atom. The van der Waals surface area contributed by atoms with Gasteiger partial charge in [0.05, 0.1) is 0 Å². The van der Waals surface area contributed by atoms with Gasteiger partial charge in [-0.1, -0.05) is 0 Å². The molecule has 0 N–H and O–H groups in total. The summed E-state index contributed by atoms with van der Waals surface area (Å²) in [6.07, 6.45) is 7.13. The molecule has 3 nitrogen and oxygen atoms in total. The van der Waals surface area contributed by atoms with Crippen molar-refractivity contribution in [3.63, 3.8) is 0 Å². The van der Waals surface area contributed by atoms with E-state index in [1.54, 1.807) is 0 Å². The van der Waals surface area contributed by atoms with Crippen LogP contribution < -0.4 is 0 Å². The van der Waals surface area contributed by atoms with E-state index in [0.717, 1.165) is 10.9 Å². The number of hydrogen-bond donors (Lipinski definition) is 0. The molecule has 0 fully saturated rings. The van der Waals surface area contributed by atoms with Crippen LogP contribution in [0, 0.1) is 0 Å². The molecule has 0 heterocycles. The van der Waals surface area contributed by atoms with Gasteiger partial charge in [0.15, 0.2) is 0 Å². The number of carbonyl (C=O) groups excluding carboxylic acids is 3. The Hall–Kier alpha value is -1.00. The maximum atomic E-state index is 7.50. The molecular weight excluding hydrogens is 203 g/mol. The van der Waals surface area contributed by atoms with Gasteiger partial charge < -0.3 is 0 Å². The molecule has 0 amide bonds. The summed E-state index contributed by atoms with van der Waals surface area (Å²) in [4.78, 5) is 22.5. The van der Waals surface area contributed by atoms with Gasteiger partial charge in [0.2, 0.25) is 0 Å². The van der Waals surface area contributed by atoms with E-state index in [9.17, 15) is 0 Å². The molecule has 1 aliphatic carbocycles. The average Bonchev–Trinajstić information content (AvgIpc) is 2.66. The van der Waals surface area contributed by atoms with Crippen LogP contribution in [0.1, 0.15) is 6.42 Å². The number of allylic oxidation sites excluding steroid dienone is 4. The van der Waals surface area contributed by atoms with Crippen LogP contribution in [0.2, 0.25) is 0 Å². The van der Waals surface area contributed by atoms with Gasteiger partial charge in [-0.15, -0.1) is 0 Å². The fourth-order valence-corrected chi connectivity index (χ4v) is 0.634. The van der Waals surface area contributed by atoms with Crippen LogP contribution in [0.25, 0.3) is 0 Å². The molecule has 0 aromatic rings. The van der Waals surface area contributed by atoms with Crippen molar-refractivity contribution < 1.29 is 30.1 Å². The minimum atomic E-state index is 1.03. The van der Waals surface area contributed by atoms with Gasteiger partial charge in [0.1, 0.15) is 0 Å². The molecule has 0 saturated heterocycles. The fraction of sp³-hybridized carbons (Fsp3) is 0.125. The topological polar surface area (TPSA) is 51.2 Å². The summed E-state index contributed by atoms with van der Waals surface area (Å²) in [7, 11) is 0. The molecule has 0 spiro atoms. The summed E-state index contributed by atoms with van der Waals surface area (Å²) >= 11 is 4.14. The Kier molecular flexibility index (Phi) is 32.2. The minimum absolute atomic E-state index is 1.03. The van der Waals surface area contributed by atoms with Gasteiger partial charge in [0, 0.05) is 0 Å². The van der Waals surface area contributed by atoms with Crippen LogP contribution in [-0.2, 0) is 30.1 Å². The van der Waals surface area contributed by atoms with Gasteiger partial charge in [-0.25, -0.2) is 0 Å². The summed E-state index contributed by atoms with van der Waals surface area (Å²) < 4.78 is 1.16. The summed E-state index contributed by atoms with van der Waals surface area (Å²) in [5.74, 6) is 0. The van der Waals surface area contributed by atoms with Crippen molar-refractivity contribution in [1.82, 2.24) is 0 Å². The van der Waals surface area contributed by atoms with Crippen molar-refractivity contribution in [1.29, 1.82) is 0 Å². The van der Waals surface area contributed by atoms with Crippen LogP contribution >= 0.6 is 0 Å². The first-order valence-electron chi connectivity index (χ1n) is 2.50. The first-order chi connectivity index (χ1) is 5.89. The van der Waals surface area contributed by atoms with Crippen LogP contribution in [0.4, 0.5) is 0 Å². The molecule has 6 radical (unpaired) electrons. The Labute approximate surface area is 80.1 Å². The summed E-state index contributed by atoms with van der Waals surface area (Å²) in [5, 5.41) is 0. The normalized spacial score (nSPS) is 10.3. The van der Waals surface area contributed by atoms with Crippen molar-refractivity contribution in [3.8, 4) is 0 Å². The molecule has 0 aromatic carbocycles. The van der Waals surface area contributed by atoms with Gasteiger partial charge >= 0.3 is 44.9 Å². The molecule has 1 rings (SSSR count). The Balaban J connectivity index is -0.000000117. The third kappa shape index (κ3) is 16.0. The molecule has 0 atom stereocenters.